The molecule has 1 aliphatic heterocycles. The Labute approximate surface area is 293 Å². The van der Waals surface area contributed by atoms with E-state index in [2.05, 4.69) is 25.9 Å². The fourth-order valence-electron chi connectivity index (χ4n) is 5.81. The van der Waals surface area contributed by atoms with Crippen LogP contribution in [0.5, 0.6) is 17.2 Å². The van der Waals surface area contributed by atoms with Crippen molar-refractivity contribution in [2.24, 2.45) is 5.41 Å². The number of ether oxygens (including phenoxy) is 2. The summed E-state index contributed by atoms with van der Waals surface area (Å²) in [5.41, 5.74) is 1.56. The quantitative estimate of drug-likeness (QED) is 0.168. The second kappa shape index (κ2) is 16.1. The number of likely N-dealkylation sites (N-methyl/N-ethyl adjacent to an activating group) is 1. The Hall–Kier alpha value is -4.74. The number of anilines is 2. The minimum atomic E-state index is -0.783. The molecule has 0 unspecified atom stereocenters. The number of methoxy groups -OCH3 is 1. The van der Waals surface area contributed by atoms with Gasteiger partial charge in [-0.05, 0) is 74.7 Å². The van der Waals surface area contributed by atoms with Gasteiger partial charge in [0.25, 0.3) is 0 Å². The number of hydrogen-bond donors (Lipinski definition) is 3. The standard InChI is InChI=1S/C37H44N6O5.ClH/c1-23(38-5)35(45)42-33(37(2,3)4)36(46)43-18-10-13-30(43)31(44)20-24-19-28-29(21-32(24)47-6)39-22-40-34(28)41-25-14-16-27(17-15-25)48-26-11-8-7-9-12-26;/h7-9,11-12,14-17,19,21-23,30,33,38H,10,13,18,20H2,1-6H3,(H,42,45)(H,39,40,41);1H/t23-,30-,33+;/m0./s1. The summed E-state index contributed by atoms with van der Waals surface area (Å²) < 4.78 is 11.6. The monoisotopic (exact) mass is 688 g/mol. The summed E-state index contributed by atoms with van der Waals surface area (Å²) in [5, 5.41) is 9.92. The number of benzene rings is 3. The molecule has 0 spiro atoms. The van der Waals surface area contributed by atoms with Crippen molar-refractivity contribution in [1.29, 1.82) is 0 Å². The number of nitrogens with zero attached hydrogens (tertiary/aromatic N) is 3. The van der Waals surface area contributed by atoms with Crippen LogP contribution in [-0.4, -0.2) is 71.3 Å². The predicted molar refractivity (Wildman–Crippen MR) is 193 cm³/mol. The van der Waals surface area contributed by atoms with E-state index in [4.69, 9.17) is 9.47 Å². The lowest BCUT2D eigenvalue weighted by atomic mass is 9.85. The molecule has 0 bridgehead atoms. The van der Waals surface area contributed by atoms with Crippen molar-refractivity contribution in [2.45, 2.75) is 65.1 Å². The van der Waals surface area contributed by atoms with Crippen LogP contribution in [-0.2, 0) is 20.8 Å². The van der Waals surface area contributed by atoms with E-state index in [-0.39, 0.29) is 36.4 Å². The number of carbonyl (C=O) groups is 3. The van der Waals surface area contributed by atoms with Crippen molar-refractivity contribution in [3.8, 4) is 17.2 Å². The van der Waals surface area contributed by atoms with Gasteiger partial charge in [-0.3, -0.25) is 14.4 Å². The van der Waals surface area contributed by atoms with Gasteiger partial charge in [-0.1, -0.05) is 39.0 Å². The average molecular weight is 689 g/mol. The van der Waals surface area contributed by atoms with Gasteiger partial charge in [0.1, 0.15) is 35.4 Å². The number of likely N-dealkylation sites (tertiary alicyclic amines) is 1. The second-order valence-electron chi connectivity index (χ2n) is 13.1. The molecule has 0 radical (unpaired) electrons. The molecule has 1 aromatic heterocycles. The summed E-state index contributed by atoms with van der Waals surface area (Å²) in [6.07, 6.45) is 2.78. The number of amides is 2. The van der Waals surface area contributed by atoms with Gasteiger partial charge < -0.3 is 30.3 Å². The number of halogens is 1. The van der Waals surface area contributed by atoms with Crippen LogP contribution in [0, 0.1) is 5.41 Å². The normalized spacial score (nSPS) is 15.6. The molecule has 0 aliphatic carbocycles. The van der Waals surface area contributed by atoms with E-state index in [9.17, 15) is 14.4 Å². The fraction of sp³-hybridized carbons (Fsp3) is 0.378. The van der Waals surface area contributed by atoms with Crippen molar-refractivity contribution < 1.29 is 23.9 Å². The topological polar surface area (TPSA) is 135 Å². The molecule has 49 heavy (non-hydrogen) atoms. The number of nitrogens with one attached hydrogen (secondary N) is 3. The lowest BCUT2D eigenvalue weighted by Gasteiger charge is -2.36. The first-order valence-electron chi connectivity index (χ1n) is 16.2. The minimum Gasteiger partial charge on any atom is -0.496 e. The van der Waals surface area contributed by atoms with E-state index in [0.717, 1.165) is 16.8 Å². The summed E-state index contributed by atoms with van der Waals surface area (Å²) in [7, 11) is 3.25. The Morgan fingerprint density at radius 3 is 2.35 bits per heavy atom. The van der Waals surface area contributed by atoms with E-state index in [0.29, 0.717) is 47.8 Å². The molecule has 260 valence electrons. The largest absolute Gasteiger partial charge is 0.496 e. The first-order valence-corrected chi connectivity index (χ1v) is 16.2. The van der Waals surface area contributed by atoms with Gasteiger partial charge in [-0.2, -0.15) is 0 Å². The number of ketones is 1. The third-order valence-electron chi connectivity index (χ3n) is 8.63. The molecule has 2 heterocycles. The van der Waals surface area contributed by atoms with Gasteiger partial charge in [-0.25, -0.2) is 9.97 Å². The molecule has 1 aliphatic rings. The third-order valence-corrected chi connectivity index (χ3v) is 8.63. The van der Waals surface area contributed by atoms with Gasteiger partial charge in [-0.15, -0.1) is 12.4 Å². The van der Waals surface area contributed by atoms with E-state index in [1.54, 1.807) is 32.0 Å². The molecule has 11 nitrogen and oxygen atoms in total. The van der Waals surface area contributed by atoms with Crippen LogP contribution in [0.25, 0.3) is 10.9 Å². The summed E-state index contributed by atoms with van der Waals surface area (Å²) >= 11 is 0. The van der Waals surface area contributed by atoms with Crippen LogP contribution >= 0.6 is 12.4 Å². The Morgan fingerprint density at radius 2 is 1.69 bits per heavy atom. The van der Waals surface area contributed by atoms with E-state index < -0.39 is 23.5 Å². The number of hydrogen-bond acceptors (Lipinski definition) is 9. The first-order chi connectivity index (χ1) is 23.0. The molecule has 12 heteroatoms. The maximum Gasteiger partial charge on any atom is 0.246 e. The summed E-state index contributed by atoms with van der Waals surface area (Å²) in [5.74, 6) is 1.94. The fourth-order valence-corrected chi connectivity index (χ4v) is 5.81. The highest BCUT2D eigenvalue weighted by Crippen LogP contribution is 2.33. The number of rotatable bonds is 12. The molecule has 3 atom stereocenters. The molecule has 0 saturated carbocycles. The number of para-hydroxylation sites is 1. The number of carbonyl (C=O) groups excluding carboxylic acids is 3. The van der Waals surface area contributed by atoms with Crippen LogP contribution in [0.2, 0.25) is 0 Å². The van der Waals surface area contributed by atoms with Crippen molar-refractivity contribution >= 4 is 52.4 Å². The van der Waals surface area contributed by atoms with Gasteiger partial charge in [0.2, 0.25) is 11.8 Å². The van der Waals surface area contributed by atoms with Crippen LogP contribution in [0.15, 0.2) is 73.1 Å². The molecule has 2 amide bonds. The lowest BCUT2D eigenvalue weighted by Crippen LogP contribution is -2.58. The van der Waals surface area contributed by atoms with E-state index in [1.807, 2.05) is 81.4 Å². The highest BCUT2D eigenvalue weighted by Gasteiger charge is 2.42. The molecule has 4 aromatic rings. The second-order valence-corrected chi connectivity index (χ2v) is 13.1. The zero-order chi connectivity index (χ0) is 34.4. The van der Waals surface area contributed by atoms with Crippen molar-refractivity contribution in [1.82, 2.24) is 25.5 Å². The molecule has 3 aromatic carbocycles. The lowest BCUT2D eigenvalue weighted by molar-refractivity contribution is -0.143. The smallest absolute Gasteiger partial charge is 0.246 e. The highest BCUT2D eigenvalue weighted by atomic mass is 35.5. The van der Waals surface area contributed by atoms with Gasteiger partial charge >= 0.3 is 0 Å². The number of aromatic nitrogens is 2. The maximum absolute atomic E-state index is 13.9. The first kappa shape index (κ1) is 37.1. The highest BCUT2D eigenvalue weighted by molar-refractivity contribution is 5.97. The van der Waals surface area contributed by atoms with Gasteiger partial charge in [0.05, 0.1) is 24.7 Å². The maximum atomic E-state index is 13.9. The molecule has 5 rings (SSSR count). The molecular formula is C37H45ClN6O5. The predicted octanol–water partition coefficient (Wildman–Crippen LogP) is 5.84. The molecular weight excluding hydrogens is 644 g/mol. The van der Waals surface area contributed by atoms with Crippen molar-refractivity contribution in [2.75, 3.05) is 26.0 Å². The van der Waals surface area contributed by atoms with Crippen molar-refractivity contribution in [3.63, 3.8) is 0 Å². The zero-order valence-corrected chi connectivity index (χ0v) is 29.6. The molecule has 1 fully saturated rings. The van der Waals surface area contributed by atoms with Gasteiger partial charge in [0, 0.05) is 35.7 Å². The number of Topliss-reactive ketones (excluding diaryl/α,β-unsaturated/α-hetero) is 1. The Balaban J connectivity index is 0.00000541. The van der Waals surface area contributed by atoms with Crippen LogP contribution in [0.1, 0.15) is 46.1 Å². The summed E-state index contributed by atoms with van der Waals surface area (Å²) in [6, 6.07) is 18.9. The Bertz CT molecular complexity index is 1760. The molecule has 1 saturated heterocycles. The SMILES string of the molecule is CN[C@@H](C)C(=O)N[C@H](C(=O)N1CCC[C@H]1C(=O)Cc1cc2c(Nc3ccc(Oc4ccccc4)cc3)ncnc2cc1OC)C(C)(C)C.Cl. The van der Waals surface area contributed by atoms with E-state index >= 15 is 0 Å². The Morgan fingerprint density at radius 1 is 1.00 bits per heavy atom. The average Bonchev–Trinajstić information content (AvgIpc) is 3.58. The summed E-state index contributed by atoms with van der Waals surface area (Å²) in [4.78, 5) is 51.2. The zero-order valence-electron chi connectivity index (χ0n) is 28.8. The van der Waals surface area contributed by atoms with Gasteiger partial charge in [0.15, 0.2) is 5.78 Å². The van der Waals surface area contributed by atoms with Crippen LogP contribution in [0.3, 0.4) is 0 Å². The van der Waals surface area contributed by atoms with Crippen molar-refractivity contribution in [3.05, 3.63) is 78.6 Å². The molecule has 3 N–H and O–H groups in total. The number of fused-ring (bicyclic) bond motifs is 1. The third kappa shape index (κ3) is 8.84. The summed E-state index contributed by atoms with van der Waals surface area (Å²) in [6.45, 7) is 7.92. The van der Waals surface area contributed by atoms with E-state index in [1.165, 1.54) is 6.33 Å². The Kier molecular flexibility index (Phi) is 12.2. The minimum absolute atomic E-state index is 0. The van der Waals surface area contributed by atoms with Crippen LogP contribution in [0.4, 0.5) is 11.5 Å². The van der Waals surface area contributed by atoms with Crippen LogP contribution < -0.4 is 25.4 Å².